The van der Waals surface area contributed by atoms with Crippen molar-refractivity contribution in [3.05, 3.63) is 11.1 Å². The summed E-state index contributed by atoms with van der Waals surface area (Å²) < 4.78 is 1.08. The lowest BCUT2D eigenvalue weighted by Crippen LogP contribution is -2.40. The van der Waals surface area contributed by atoms with Crippen LogP contribution in [0.2, 0.25) is 0 Å². The van der Waals surface area contributed by atoms with E-state index in [0.29, 0.717) is 6.04 Å². The minimum atomic E-state index is 0.356. The van der Waals surface area contributed by atoms with E-state index in [1.165, 1.54) is 12.8 Å². The molecule has 0 aromatic rings. The summed E-state index contributed by atoms with van der Waals surface area (Å²) in [5.74, 6) is 0.722. The lowest BCUT2D eigenvalue weighted by molar-refractivity contribution is 0.186. The average molecular weight is 247 g/mol. The van der Waals surface area contributed by atoms with Gasteiger partial charge in [-0.15, -0.1) is 0 Å². The Hall–Kier alpha value is 0.140. The van der Waals surface area contributed by atoms with E-state index < -0.39 is 0 Å². The molecule has 1 rings (SSSR count). The molecule has 1 fully saturated rings. The number of likely N-dealkylation sites (tertiary alicyclic amines) is 1. The highest BCUT2D eigenvalue weighted by Gasteiger charge is 2.21. The maximum Gasteiger partial charge on any atom is 0.0293 e. The van der Waals surface area contributed by atoms with Gasteiger partial charge in [-0.3, -0.25) is 4.90 Å². The van der Waals surface area contributed by atoms with Crippen molar-refractivity contribution < 1.29 is 0 Å². The fraction of sp³-hybridized carbons (Fsp3) is 0.800. The van der Waals surface area contributed by atoms with Crippen LogP contribution >= 0.6 is 15.9 Å². The molecule has 13 heavy (non-hydrogen) atoms. The van der Waals surface area contributed by atoms with Crippen molar-refractivity contribution in [3.8, 4) is 0 Å². The molecular formula is C10H19BrN2. The minimum Gasteiger partial charge on any atom is -0.328 e. The molecule has 1 heterocycles. The van der Waals surface area contributed by atoms with E-state index in [4.69, 9.17) is 5.73 Å². The summed E-state index contributed by atoms with van der Waals surface area (Å²) in [6.45, 7) is 9.27. The van der Waals surface area contributed by atoms with Crippen molar-refractivity contribution in [2.24, 2.45) is 11.7 Å². The van der Waals surface area contributed by atoms with Gasteiger partial charge in [0.05, 0.1) is 0 Å². The van der Waals surface area contributed by atoms with E-state index in [1.54, 1.807) is 0 Å². The summed E-state index contributed by atoms with van der Waals surface area (Å²) in [4.78, 5) is 2.43. The fourth-order valence-corrected chi connectivity index (χ4v) is 2.23. The standard InChI is InChI=1S/C10H19BrN2/c1-8(11)7-13-5-3-10(4-6-13)9(2)12/h9-10H,1,3-7,12H2,2H3. The molecule has 1 unspecified atom stereocenters. The van der Waals surface area contributed by atoms with Gasteiger partial charge in [0, 0.05) is 17.1 Å². The third kappa shape index (κ3) is 3.79. The van der Waals surface area contributed by atoms with Gasteiger partial charge in [0.25, 0.3) is 0 Å². The number of nitrogens with two attached hydrogens (primary N) is 1. The molecule has 1 aliphatic rings. The smallest absolute Gasteiger partial charge is 0.0293 e. The first-order valence-corrected chi connectivity index (χ1v) is 5.70. The van der Waals surface area contributed by atoms with Gasteiger partial charge in [-0.2, -0.15) is 0 Å². The molecule has 2 nitrogen and oxygen atoms in total. The van der Waals surface area contributed by atoms with Gasteiger partial charge in [0.1, 0.15) is 0 Å². The lowest BCUT2D eigenvalue weighted by Gasteiger charge is -2.33. The van der Waals surface area contributed by atoms with Gasteiger partial charge in [-0.25, -0.2) is 0 Å². The molecule has 0 saturated carbocycles. The SMILES string of the molecule is C=C(Br)CN1CCC(C(C)N)CC1. The first kappa shape index (κ1) is 11.2. The van der Waals surface area contributed by atoms with Crippen molar-refractivity contribution in [2.75, 3.05) is 19.6 Å². The molecule has 76 valence electrons. The first-order valence-electron chi connectivity index (χ1n) is 4.91. The van der Waals surface area contributed by atoms with Crippen molar-refractivity contribution >= 4 is 15.9 Å². The Morgan fingerprint density at radius 3 is 2.54 bits per heavy atom. The van der Waals surface area contributed by atoms with E-state index in [0.717, 1.165) is 30.0 Å². The van der Waals surface area contributed by atoms with Gasteiger partial charge < -0.3 is 5.73 Å². The topological polar surface area (TPSA) is 29.3 Å². The van der Waals surface area contributed by atoms with Gasteiger partial charge in [-0.1, -0.05) is 22.5 Å². The number of piperidine rings is 1. The zero-order valence-corrected chi connectivity index (χ0v) is 9.89. The molecule has 3 heteroatoms. The van der Waals surface area contributed by atoms with Crippen LogP contribution in [0.15, 0.2) is 11.1 Å². The van der Waals surface area contributed by atoms with Crippen LogP contribution in [-0.4, -0.2) is 30.6 Å². The highest BCUT2D eigenvalue weighted by atomic mass is 79.9. The van der Waals surface area contributed by atoms with Gasteiger partial charge in [-0.05, 0) is 38.8 Å². The third-order valence-electron chi connectivity index (χ3n) is 2.77. The van der Waals surface area contributed by atoms with Crippen LogP contribution in [0.3, 0.4) is 0 Å². The van der Waals surface area contributed by atoms with Crippen LogP contribution in [-0.2, 0) is 0 Å². The summed E-state index contributed by atoms with van der Waals surface area (Å²) in [6, 6.07) is 0.356. The molecule has 0 radical (unpaired) electrons. The van der Waals surface area contributed by atoms with E-state index in [-0.39, 0.29) is 0 Å². The number of hydrogen-bond acceptors (Lipinski definition) is 2. The molecule has 1 saturated heterocycles. The molecule has 1 aliphatic heterocycles. The summed E-state index contributed by atoms with van der Waals surface area (Å²) >= 11 is 3.39. The zero-order chi connectivity index (χ0) is 9.84. The highest BCUT2D eigenvalue weighted by molar-refractivity contribution is 9.11. The number of hydrogen-bond donors (Lipinski definition) is 1. The molecule has 2 N–H and O–H groups in total. The van der Waals surface area contributed by atoms with Crippen LogP contribution in [0, 0.1) is 5.92 Å². The molecule has 0 bridgehead atoms. The van der Waals surface area contributed by atoms with Crippen molar-refractivity contribution in [1.82, 2.24) is 4.90 Å². The quantitative estimate of drug-likeness (QED) is 0.826. The molecule has 0 aliphatic carbocycles. The highest BCUT2D eigenvalue weighted by Crippen LogP contribution is 2.20. The average Bonchev–Trinajstić information content (AvgIpc) is 2.04. The third-order valence-corrected chi connectivity index (χ3v) is 3.02. The van der Waals surface area contributed by atoms with Crippen LogP contribution in [0.4, 0.5) is 0 Å². The number of rotatable bonds is 3. The second-order valence-corrected chi connectivity index (χ2v) is 5.11. The molecule has 0 amide bonds. The van der Waals surface area contributed by atoms with Gasteiger partial charge in [0.15, 0.2) is 0 Å². The first-order chi connectivity index (χ1) is 6.09. The summed E-state index contributed by atoms with van der Waals surface area (Å²) in [7, 11) is 0. The van der Waals surface area contributed by atoms with Gasteiger partial charge >= 0.3 is 0 Å². The minimum absolute atomic E-state index is 0.356. The Balaban J connectivity index is 2.26. The number of halogens is 1. The monoisotopic (exact) mass is 246 g/mol. The Morgan fingerprint density at radius 1 is 1.62 bits per heavy atom. The maximum absolute atomic E-state index is 5.87. The Morgan fingerprint density at radius 2 is 2.15 bits per heavy atom. The Bertz CT molecular complexity index is 172. The van der Waals surface area contributed by atoms with E-state index in [9.17, 15) is 0 Å². The molecular weight excluding hydrogens is 228 g/mol. The molecule has 1 atom stereocenters. The predicted octanol–water partition coefficient (Wildman–Crippen LogP) is 1.95. The van der Waals surface area contributed by atoms with Gasteiger partial charge in [0.2, 0.25) is 0 Å². The summed E-state index contributed by atoms with van der Waals surface area (Å²) in [5.41, 5.74) is 5.87. The number of nitrogens with zero attached hydrogens (tertiary/aromatic N) is 1. The summed E-state index contributed by atoms with van der Waals surface area (Å²) in [6.07, 6.45) is 2.47. The molecule has 0 aromatic carbocycles. The van der Waals surface area contributed by atoms with Crippen molar-refractivity contribution in [2.45, 2.75) is 25.8 Å². The zero-order valence-electron chi connectivity index (χ0n) is 8.30. The fourth-order valence-electron chi connectivity index (χ4n) is 1.88. The normalized spacial score (nSPS) is 23.0. The lowest BCUT2D eigenvalue weighted by atomic mass is 9.91. The van der Waals surface area contributed by atoms with E-state index in [1.807, 2.05) is 0 Å². The molecule has 0 aromatic heterocycles. The van der Waals surface area contributed by atoms with Crippen molar-refractivity contribution in [1.29, 1.82) is 0 Å². The van der Waals surface area contributed by atoms with Crippen LogP contribution in [0.1, 0.15) is 19.8 Å². The van der Waals surface area contributed by atoms with Crippen molar-refractivity contribution in [3.63, 3.8) is 0 Å². The van der Waals surface area contributed by atoms with Crippen LogP contribution in [0.25, 0.3) is 0 Å². The summed E-state index contributed by atoms with van der Waals surface area (Å²) in [5, 5.41) is 0. The second-order valence-electron chi connectivity index (χ2n) is 3.99. The second kappa shape index (κ2) is 5.13. The van der Waals surface area contributed by atoms with Crippen LogP contribution < -0.4 is 5.73 Å². The molecule has 0 spiro atoms. The van der Waals surface area contributed by atoms with Crippen LogP contribution in [0.5, 0.6) is 0 Å². The Labute approximate surface area is 89.3 Å². The maximum atomic E-state index is 5.87. The van der Waals surface area contributed by atoms with E-state index in [2.05, 4.69) is 34.3 Å². The predicted molar refractivity (Wildman–Crippen MR) is 60.9 cm³/mol. The largest absolute Gasteiger partial charge is 0.328 e. The van der Waals surface area contributed by atoms with E-state index >= 15 is 0 Å². The Kier molecular flexibility index (Phi) is 4.42.